The van der Waals surface area contributed by atoms with Crippen molar-refractivity contribution in [3.63, 3.8) is 0 Å². The number of anilines is 2. The third kappa shape index (κ3) is 2.74. The van der Waals surface area contributed by atoms with Gasteiger partial charge in [0.15, 0.2) is 0 Å². The fraction of sp³-hybridized carbons (Fsp3) is 0.714. The van der Waals surface area contributed by atoms with E-state index in [0.29, 0.717) is 12.0 Å². The molecule has 0 amide bonds. The molecule has 0 saturated carbocycles. The highest BCUT2D eigenvalue weighted by Gasteiger charge is 2.29. The van der Waals surface area contributed by atoms with E-state index in [1.165, 1.54) is 6.42 Å². The zero-order valence-corrected chi connectivity index (χ0v) is 11.8. The molecule has 3 atom stereocenters. The van der Waals surface area contributed by atoms with Crippen molar-refractivity contribution in [3.05, 3.63) is 12.4 Å². The van der Waals surface area contributed by atoms with E-state index < -0.39 is 0 Å². The SMILES string of the molecule is CCNc1cncc(N2CC(C)CC(C)C2C)n1. The summed E-state index contributed by atoms with van der Waals surface area (Å²) < 4.78 is 0. The molecule has 0 bridgehead atoms. The summed E-state index contributed by atoms with van der Waals surface area (Å²) in [6.45, 7) is 11.0. The van der Waals surface area contributed by atoms with Crippen LogP contribution in [0.15, 0.2) is 12.4 Å². The summed E-state index contributed by atoms with van der Waals surface area (Å²) >= 11 is 0. The molecule has 2 rings (SSSR count). The monoisotopic (exact) mass is 248 g/mol. The van der Waals surface area contributed by atoms with Crippen LogP contribution in [0.5, 0.6) is 0 Å². The molecular formula is C14H24N4. The third-order valence-electron chi connectivity index (χ3n) is 3.87. The first-order valence-corrected chi connectivity index (χ1v) is 6.94. The molecule has 4 nitrogen and oxygen atoms in total. The molecule has 3 unspecified atom stereocenters. The Morgan fingerprint density at radius 2 is 2.11 bits per heavy atom. The maximum atomic E-state index is 4.66. The lowest BCUT2D eigenvalue weighted by Crippen LogP contribution is -2.46. The van der Waals surface area contributed by atoms with Gasteiger partial charge in [-0.15, -0.1) is 0 Å². The zero-order valence-electron chi connectivity index (χ0n) is 11.8. The first-order chi connectivity index (χ1) is 8.61. The second-order valence-electron chi connectivity index (χ2n) is 5.50. The van der Waals surface area contributed by atoms with Crippen molar-refractivity contribution in [3.8, 4) is 0 Å². The molecule has 1 aliphatic rings. The summed E-state index contributed by atoms with van der Waals surface area (Å²) in [5.41, 5.74) is 0. The fourth-order valence-electron chi connectivity index (χ4n) is 2.78. The maximum absolute atomic E-state index is 4.66. The molecule has 1 aliphatic heterocycles. The second-order valence-corrected chi connectivity index (χ2v) is 5.50. The van der Waals surface area contributed by atoms with Crippen LogP contribution in [0.2, 0.25) is 0 Å². The van der Waals surface area contributed by atoms with Gasteiger partial charge in [-0.3, -0.25) is 4.98 Å². The van der Waals surface area contributed by atoms with Crippen LogP contribution >= 0.6 is 0 Å². The van der Waals surface area contributed by atoms with E-state index in [2.05, 4.69) is 47.9 Å². The van der Waals surface area contributed by atoms with E-state index >= 15 is 0 Å². The van der Waals surface area contributed by atoms with Gasteiger partial charge in [-0.05, 0) is 32.1 Å². The summed E-state index contributed by atoms with van der Waals surface area (Å²) in [6.07, 6.45) is 4.97. The molecule has 0 spiro atoms. The number of hydrogen-bond donors (Lipinski definition) is 1. The average Bonchev–Trinajstić information content (AvgIpc) is 2.34. The Balaban J connectivity index is 2.20. The Morgan fingerprint density at radius 3 is 2.83 bits per heavy atom. The van der Waals surface area contributed by atoms with Gasteiger partial charge in [0, 0.05) is 19.1 Å². The van der Waals surface area contributed by atoms with Crippen molar-refractivity contribution < 1.29 is 0 Å². The van der Waals surface area contributed by atoms with E-state index in [-0.39, 0.29) is 0 Å². The normalized spacial score (nSPS) is 28.2. The van der Waals surface area contributed by atoms with Gasteiger partial charge >= 0.3 is 0 Å². The van der Waals surface area contributed by atoms with Gasteiger partial charge in [0.2, 0.25) is 0 Å². The highest BCUT2D eigenvalue weighted by Crippen LogP contribution is 2.30. The van der Waals surface area contributed by atoms with Crippen LogP contribution in [-0.4, -0.2) is 29.1 Å². The molecule has 2 heterocycles. The van der Waals surface area contributed by atoms with Gasteiger partial charge in [-0.2, -0.15) is 0 Å². The summed E-state index contributed by atoms with van der Waals surface area (Å²) in [6, 6.07) is 0.535. The Labute approximate surface area is 110 Å². The lowest BCUT2D eigenvalue weighted by molar-refractivity contribution is 0.295. The number of rotatable bonds is 3. The first-order valence-electron chi connectivity index (χ1n) is 6.94. The van der Waals surface area contributed by atoms with Gasteiger partial charge in [-0.1, -0.05) is 13.8 Å². The highest BCUT2D eigenvalue weighted by atomic mass is 15.2. The molecule has 1 aromatic rings. The highest BCUT2D eigenvalue weighted by molar-refractivity contribution is 5.45. The molecule has 1 N–H and O–H groups in total. The van der Waals surface area contributed by atoms with Crippen molar-refractivity contribution >= 4 is 11.6 Å². The number of piperidine rings is 1. The quantitative estimate of drug-likeness (QED) is 0.893. The average molecular weight is 248 g/mol. The van der Waals surface area contributed by atoms with Crippen molar-refractivity contribution in [2.45, 2.75) is 40.2 Å². The standard InChI is InChI=1S/C14H24N4/c1-5-16-13-7-15-8-14(17-13)18-9-10(2)6-11(3)12(18)4/h7-8,10-12H,5-6,9H2,1-4H3,(H,16,17). The molecule has 0 radical (unpaired) electrons. The van der Waals surface area contributed by atoms with Gasteiger partial charge < -0.3 is 10.2 Å². The van der Waals surface area contributed by atoms with Crippen molar-refractivity contribution in [1.82, 2.24) is 9.97 Å². The molecule has 18 heavy (non-hydrogen) atoms. The minimum absolute atomic E-state index is 0.535. The Hall–Kier alpha value is -1.32. The van der Waals surface area contributed by atoms with E-state index in [1.807, 2.05) is 6.20 Å². The summed E-state index contributed by atoms with van der Waals surface area (Å²) in [5.74, 6) is 3.30. The van der Waals surface area contributed by atoms with E-state index in [9.17, 15) is 0 Å². The Bertz CT molecular complexity index is 393. The van der Waals surface area contributed by atoms with E-state index in [0.717, 1.165) is 30.6 Å². The molecule has 0 aromatic carbocycles. The van der Waals surface area contributed by atoms with Crippen molar-refractivity contribution in [1.29, 1.82) is 0 Å². The topological polar surface area (TPSA) is 41.1 Å². The Morgan fingerprint density at radius 1 is 1.33 bits per heavy atom. The first kappa shape index (κ1) is 13.1. The summed E-state index contributed by atoms with van der Waals surface area (Å²) in [4.78, 5) is 11.3. The van der Waals surface area contributed by atoms with Gasteiger partial charge in [0.25, 0.3) is 0 Å². The third-order valence-corrected chi connectivity index (χ3v) is 3.87. The predicted octanol–water partition coefficient (Wildman–Crippen LogP) is 2.78. The van der Waals surface area contributed by atoms with E-state index in [1.54, 1.807) is 6.20 Å². The molecule has 1 saturated heterocycles. The molecule has 100 valence electrons. The number of hydrogen-bond acceptors (Lipinski definition) is 4. The van der Waals surface area contributed by atoms with Gasteiger partial charge in [0.1, 0.15) is 11.6 Å². The lowest BCUT2D eigenvalue weighted by Gasteiger charge is -2.41. The minimum atomic E-state index is 0.535. The van der Waals surface area contributed by atoms with Crippen LogP contribution in [0.3, 0.4) is 0 Å². The summed E-state index contributed by atoms with van der Waals surface area (Å²) in [7, 11) is 0. The Kier molecular flexibility index (Phi) is 4.04. The predicted molar refractivity (Wildman–Crippen MR) is 75.9 cm³/mol. The molecule has 1 fully saturated rings. The van der Waals surface area contributed by atoms with Crippen LogP contribution in [0.25, 0.3) is 0 Å². The summed E-state index contributed by atoms with van der Waals surface area (Å²) in [5, 5.41) is 3.22. The number of aromatic nitrogens is 2. The molecule has 0 aliphatic carbocycles. The molecular weight excluding hydrogens is 224 g/mol. The lowest BCUT2D eigenvalue weighted by atomic mass is 9.86. The van der Waals surface area contributed by atoms with Crippen molar-refractivity contribution in [2.24, 2.45) is 11.8 Å². The molecule has 4 heteroatoms. The van der Waals surface area contributed by atoms with Crippen LogP contribution in [-0.2, 0) is 0 Å². The molecule has 1 aromatic heterocycles. The van der Waals surface area contributed by atoms with Gasteiger partial charge in [-0.25, -0.2) is 4.98 Å². The zero-order chi connectivity index (χ0) is 13.1. The minimum Gasteiger partial charge on any atom is -0.369 e. The van der Waals surface area contributed by atoms with Crippen LogP contribution < -0.4 is 10.2 Å². The fourth-order valence-corrected chi connectivity index (χ4v) is 2.78. The maximum Gasteiger partial charge on any atom is 0.149 e. The number of nitrogens with zero attached hydrogens (tertiary/aromatic N) is 3. The van der Waals surface area contributed by atoms with Crippen LogP contribution in [0.4, 0.5) is 11.6 Å². The van der Waals surface area contributed by atoms with Crippen LogP contribution in [0.1, 0.15) is 34.1 Å². The number of nitrogens with one attached hydrogen (secondary N) is 1. The largest absolute Gasteiger partial charge is 0.369 e. The van der Waals surface area contributed by atoms with E-state index in [4.69, 9.17) is 0 Å². The van der Waals surface area contributed by atoms with Crippen LogP contribution in [0, 0.1) is 11.8 Å². The van der Waals surface area contributed by atoms with Crippen molar-refractivity contribution in [2.75, 3.05) is 23.3 Å². The smallest absolute Gasteiger partial charge is 0.149 e. The van der Waals surface area contributed by atoms with Gasteiger partial charge in [0.05, 0.1) is 12.4 Å². The second kappa shape index (κ2) is 5.55.